The summed E-state index contributed by atoms with van der Waals surface area (Å²) in [5, 5.41) is 12.8. The maximum absolute atomic E-state index is 12.7. The Morgan fingerprint density at radius 1 is 0.935 bits per heavy atom. The van der Waals surface area contributed by atoms with Crippen molar-refractivity contribution in [3.05, 3.63) is 64.6 Å². The Balaban J connectivity index is 1.35. The number of amides is 2. The Labute approximate surface area is 190 Å². The number of hydrogen-bond acceptors (Lipinski definition) is 5. The van der Waals surface area contributed by atoms with E-state index in [9.17, 15) is 4.79 Å². The van der Waals surface area contributed by atoms with Crippen LogP contribution in [0.3, 0.4) is 0 Å². The number of carbonyl (C=O) groups is 1. The fourth-order valence-electron chi connectivity index (χ4n) is 3.38. The number of urea groups is 1. The van der Waals surface area contributed by atoms with Crippen molar-refractivity contribution in [3.8, 4) is 17.0 Å². The van der Waals surface area contributed by atoms with Gasteiger partial charge >= 0.3 is 6.03 Å². The molecule has 160 valence electrons. The van der Waals surface area contributed by atoms with Gasteiger partial charge in [0, 0.05) is 41.8 Å². The number of aromatic nitrogens is 2. The average molecular weight is 458 g/mol. The molecule has 0 aliphatic carbocycles. The number of nitrogens with one attached hydrogen (secondary N) is 1. The zero-order valence-electron chi connectivity index (χ0n) is 16.9. The molecule has 0 atom stereocenters. The number of nitrogens with zero attached hydrogens (tertiary/aromatic N) is 4. The first-order chi connectivity index (χ1) is 15.0. The molecule has 1 N–H and O–H groups in total. The van der Waals surface area contributed by atoms with E-state index in [1.165, 1.54) is 0 Å². The second kappa shape index (κ2) is 9.41. The number of anilines is 2. The summed E-state index contributed by atoms with van der Waals surface area (Å²) in [6.07, 6.45) is 0. The molecule has 31 heavy (non-hydrogen) atoms. The highest BCUT2D eigenvalue weighted by molar-refractivity contribution is 6.31. The second-order valence-corrected chi connectivity index (χ2v) is 7.91. The molecule has 1 aromatic heterocycles. The molecule has 2 aromatic carbocycles. The van der Waals surface area contributed by atoms with Crippen LogP contribution in [-0.2, 0) is 0 Å². The normalized spacial score (nSPS) is 13.8. The van der Waals surface area contributed by atoms with E-state index in [-0.39, 0.29) is 6.03 Å². The lowest BCUT2D eigenvalue weighted by atomic mass is 10.1. The molecular formula is C22H21Cl2N5O2. The van der Waals surface area contributed by atoms with E-state index in [2.05, 4.69) is 20.4 Å². The molecule has 0 bridgehead atoms. The zero-order valence-corrected chi connectivity index (χ0v) is 18.4. The van der Waals surface area contributed by atoms with E-state index < -0.39 is 0 Å². The minimum Gasteiger partial charge on any atom is -0.495 e. The third kappa shape index (κ3) is 5.00. The van der Waals surface area contributed by atoms with E-state index in [1.54, 1.807) is 30.2 Å². The summed E-state index contributed by atoms with van der Waals surface area (Å²) in [5.74, 6) is 1.35. The van der Waals surface area contributed by atoms with Gasteiger partial charge in [-0.1, -0.05) is 35.3 Å². The predicted molar refractivity (Wildman–Crippen MR) is 123 cm³/mol. The Hall–Kier alpha value is -3.03. The van der Waals surface area contributed by atoms with Crippen molar-refractivity contribution in [1.29, 1.82) is 0 Å². The van der Waals surface area contributed by atoms with Crippen LogP contribution in [0, 0.1) is 0 Å². The SMILES string of the molecule is COc1ccc(Cl)cc1NC(=O)N1CCN(c2ccc(-c3ccc(Cl)cc3)nn2)CC1. The van der Waals surface area contributed by atoms with E-state index >= 15 is 0 Å². The number of piperazine rings is 1. The van der Waals surface area contributed by atoms with Crippen molar-refractivity contribution in [3.63, 3.8) is 0 Å². The summed E-state index contributed by atoms with van der Waals surface area (Å²) in [6.45, 7) is 2.45. The molecule has 9 heteroatoms. The molecule has 0 radical (unpaired) electrons. The number of carbonyl (C=O) groups excluding carboxylic acids is 1. The van der Waals surface area contributed by atoms with Crippen LogP contribution in [0.2, 0.25) is 10.0 Å². The summed E-state index contributed by atoms with van der Waals surface area (Å²) in [7, 11) is 1.55. The molecule has 0 spiro atoms. The Kier molecular flexibility index (Phi) is 6.44. The maximum Gasteiger partial charge on any atom is 0.322 e. The summed E-state index contributed by atoms with van der Waals surface area (Å²) in [6, 6.07) is 16.3. The van der Waals surface area contributed by atoms with Crippen LogP contribution in [0.15, 0.2) is 54.6 Å². The van der Waals surface area contributed by atoms with Gasteiger partial charge < -0.3 is 19.9 Å². The van der Waals surface area contributed by atoms with Gasteiger partial charge in [0.15, 0.2) is 5.82 Å². The molecule has 7 nitrogen and oxygen atoms in total. The predicted octanol–water partition coefficient (Wildman–Crippen LogP) is 4.81. The first-order valence-electron chi connectivity index (χ1n) is 9.77. The number of ether oxygens (including phenoxy) is 1. The minimum atomic E-state index is -0.190. The van der Waals surface area contributed by atoms with Gasteiger partial charge in [0.05, 0.1) is 18.5 Å². The second-order valence-electron chi connectivity index (χ2n) is 7.03. The van der Waals surface area contributed by atoms with E-state index in [1.807, 2.05) is 36.4 Å². The fraction of sp³-hybridized carbons (Fsp3) is 0.227. The smallest absolute Gasteiger partial charge is 0.322 e. The minimum absolute atomic E-state index is 0.190. The maximum atomic E-state index is 12.7. The monoisotopic (exact) mass is 457 g/mol. The molecular weight excluding hydrogens is 437 g/mol. The Morgan fingerprint density at radius 3 is 2.29 bits per heavy atom. The molecule has 4 rings (SSSR count). The number of halogens is 2. The first-order valence-corrected chi connectivity index (χ1v) is 10.5. The molecule has 0 saturated carbocycles. The lowest BCUT2D eigenvalue weighted by Gasteiger charge is -2.35. The Morgan fingerprint density at radius 2 is 1.65 bits per heavy atom. The number of rotatable bonds is 4. The first kappa shape index (κ1) is 21.2. The molecule has 1 aliphatic heterocycles. The van der Waals surface area contributed by atoms with Crippen molar-refractivity contribution in [2.75, 3.05) is 43.5 Å². The number of benzene rings is 2. The molecule has 1 aliphatic rings. The molecule has 0 unspecified atom stereocenters. The topological polar surface area (TPSA) is 70.6 Å². The lowest BCUT2D eigenvalue weighted by molar-refractivity contribution is 0.208. The lowest BCUT2D eigenvalue weighted by Crippen LogP contribution is -2.50. The van der Waals surface area contributed by atoms with Crippen LogP contribution in [0.4, 0.5) is 16.3 Å². The van der Waals surface area contributed by atoms with Gasteiger partial charge in [0.25, 0.3) is 0 Å². The molecule has 2 amide bonds. The van der Waals surface area contributed by atoms with Crippen molar-refractivity contribution >= 4 is 40.7 Å². The van der Waals surface area contributed by atoms with Gasteiger partial charge in [-0.2, -0.15) is 0 Å². The Bertz CT molecular complexity index is 1050. The van der Waals surface area contributed by atoms with Gasteiger partial charge in [-0.3, -0.25) is 0 Å². The van der Waals surface area contributed by atoms with Gasteiger partial charge in [-0.05, 0) is 42.5 Å². The van der Waals surface area contributed by atoms with Crippen LogP contribution in [0.25, 0.3) is 11.3 Å². The number of hydrogen-bond donors (Lipinski definition) is 1. The van der Waals surface area contributed by atoms with Crippen molar-refractivity contribution in [2.24, 2.45) is 0 Å². The fourth-order valence-corrected chi connectivity index (χ4v) is 3.68. The van der Waals surface area contributed by atoms with Crippen molar-refractivity contribution in [1.82, 2.24) is 15.1 Å². The van der Waals surface area contributed by atoms with Crippen molar-refractivity contribution in [2.45, 2.75) is 0 Å². The van der Waals surface area contributed by atoms with E-state index in [4.69, 9.17) is 27.9 Å². The van der Waals surface area contributed by atoms with Gasteiger partial charge in [0.2, 0.25) is 0 Å². The molecule has 2 heterocycles. The van der Waals surface area contributed by atoms with E-state index in [0.29, 0.717) is 47.7 Å². The van der Waals surface area contributed by atoms with E-state index in [0.717, 1.165) is 17.1 Å². The van der Waals surface area contributed by atoms with Gasteiger partial charge in [-0.25, -0.2) is 4.79 Å². The summed E-state index contributed by atoms with van der Waals surface area (Å²) in [4.78, 5) is 16.5. The average Bonchev–Trinajstić information content (AvgIpc) is 2.80. The molecule has 1 fully saturated rings. The van der Waals surface area contributed by atoms with Crippen LogP contribution in [0.5, 0.6) is 5.75 Å². The zero-order chi connectivity index (χ0) is 21.8. The van der Waals surface area contributed by atoms with Gasteiger partial charge in [0.1, 0.15) is 5.75 Å². The molecule has 1 saturated heterocycles. The third-order valence-corrected chi connectivity index (χ3v) is 5.57. The van der Waals surface area contributed by atoms with Crippen molar-refractivity contribution < 1.29 is 9.53 Å². The van der Waals surface area contributed by atoms with Gasteiger partial charge in [-0.15, -0.1) is 10.2 Å². The van der Waals surface area contributed by atoms with Crippen LogP contribution in [-0.4, -0.2) is 54.4 Å². The summed E-state index contributed by atoms with van der Waals surface area (Å²) in [5.41, 5.74) is 2.29. The quantitative estimate of drug-likeness (QED) is 0.608. The summed E-state index contributed by atoms with van der Waals surface area (Å²) >= 11 is 12.0. The molecule has 3 aromatic rings. The summed E-state index contributed by atoms with van der Waals surface area (Å²) < 4.78 is 5.29. The largest absolute Gasteiger partial charge is 0.495 e. The van der Waals surface area contributed by atoms with Crippen LogP contribution < -0.4 is 15.0 Å². The highest BCUT2D eigenvalue weighted by atomic mass is 35.5. The standard InChI is InChI=1S/C22H21Cl2N5O2/c1-31-20-8-6-17(24)14-19(20)25-22(30)29-12-10-28(11-13-29)21-9-7-18(26-27-21)15-2-4-16(23)5-3-15/h2-9,14H,10-13H2,1H3,(H,25,30). The highest BCUT2D eigenvalue weighted by Crippen LogP contribution is 2.28. The van der Waals surface area contributed by atoms with Crippen LogP contribution >= 0.6 is 23.2 Å². The highest BCUT2D eigenvalue weighted by Gasteiger charge is 2.23. The number of methoxy groups -OCH3 is 1. The van der Waals surface area contributed by atoms with Crippen LogP contribution in [0.1, 0.15) is 0 Å². The third-order valence-electron chi connectivity index (χ3n) is 5.08.